The van der Waals surface area contributed by atoms with Gasteiger partial charge in [-0.05, 0) is 74.4 Å². The number of likely N-dealkylation sites (tertiary alicyclic amines) is 1. The van der Waals surface area contributed by atoms with Gasteiger partial charge in [0, 0.05) is 36.5 Å². The fraction of sp³-hybridized carbons (Fsp3) is 0.421. The van der Waals surface area contributed by atoms with Crippen LogP contribution in [0.2, 0.25) is 5.02 Å². The zero-order valence-corrected chi connectivity index (χ0v) is 14.7. The number of benzene rings is 1. The number of halogens is 2. The average Bonchev–Trinajstić information content (AvgIpc) is 2.55. The van der Waals surface area contributed by atoms with E-state index < -0.39 is 0 Å². The Hall–Kier alpha value is -1.49. The van der Waals surface area contributed by atoms with Crippen LogP contribution in [-0.2, 0) is 13.1 Å². The fourth-order valence-electron chi connectivity index (χ4n) is 3.33. The van der Waals surface area contributed by atoms with Gasteiger partial charge in [0.25, 0.3) is 0 Å². The molecule has 0 spiro atoms. The maximum Gasteiger partial charge on any atom is 0.125 e. The Balaban J connectivity index is 1.78. The van der Waals surface area contributed by atoms with Gasteiger partial charge in [0.15, 0.2) is 0 Å². The first-order chi connectivity index (χ1) is 11.6. The van der Waals surface area contributed by atoms with E-state index in [1.54, 1.807) is 6.07 Å². The van der Waals surface area contributed by atoms with Crippen molar-refractivity contribution in [3.05, 3.63) is 64.7 Å². The highest BCUT2D eigenvalue weighted by Crippen LogP contribution is 2.22. The van der Waals surface area contributed by atoms with E-state index in [0.29, 0.717) is 17.6 Å². The van der Waals surface area contributed by atoms with Crippen molar-refractivity contribution in [3.63, 3.8) is 0 Å². The summed E-state index contributed by atoms with van der Waals surface area (Å²) in [5, 5.41) is 0.456. The van der Waals surface area contributed by atoms with E-state index in [1.165, 1.54) is 11.6 Å². The third kappa shape index (κ3) is 4.76. The third-order valence-electron chi connectivity index (χ3n) is 4.65. The summed E-state index contributed by atoms with van der Waals surface area (Å²) in [6, 6.07) is 9.38. The van der Waals surface area contributed by atoms with E-state index in [2.05, 4.69) is 21.8 Å². The minimum absolute atomic E-state index is 0.273. The molecular weight excluding hydrogens is 325 g/mol. The summed E-state index contributed by atoms with van der Waals surface area (Å²) in [5.74, 6) is -0.273. The molecule has 1 aliphatic rings. The maximum atomic E-state index is 13.7. The first-order valence-corrected chi connectivity index (χ1v) is 8.74. The predicted molar refractivity (Wildman–Crippen MR) is 95.4 cm³/mol. The molecule has 2 aromatic rings. The van der Waals surface area contributed by atoms with Gasteiger partial charge in [-0.25, -0.2) is 4.39 Å². The van der Waals surface area contributed by atoms with E-state index in [9.17, 15) is 4.39 Å². The lowest BCUT2D eigenvalue weighted by Crippen LogP contribution is -2.43. The number of hydrogen-bond donors (Lipinski definition) is 0. The van der Waals surface area contributed by atoms with Gasteiger partial charge in [-0.1, -0.05) is 11.6 Å². The molecule has 0 unspecified atom stereocenters. The molecule has 24 heavy (non-hydrogen) atoms. The minimum atomic E-state index is -0.273. The van der Waals surface area contributed by atoms with Crippen LogP contribution in [0.25, 0.3) is 0 Å². The molecule has 2 heterocycles. The second-order valence-corrected chi connectivity index (χ2v) is 7.01. The monoisotopic (exact) mass is 347 g/mol. The van der Waals surface area contributed by atoms with Crippen LogP contribution in [0, 0.1) is 5.82 Å². The standard InChI is InChI=1S/C19H23ClFN3/c1-23-8-4-19(5-9-23)24(13-15-2-6-22-7-3-15)14-16-10-17(20)12-18(21)11-16/h2-3,6-7,10-12,19H,4-5,8-9,13-14H2,1H3. The van der Waals surface area contributed by atoms with Crippen molar-refractivity contribution >= 4 is 11.6 Å². The van der Waals surface area contributed by atoms with Gasteiger partial charge in [-0.3, -0.25) is 9.88 Å². The first kappa shape index (κ1) is 17.3. The predicted octanol–water partition coefficient (Wildman–Crippen LogP) is 3.97. The van der Waals surface area contributed by atoms with E-state index in [0.717, 1.165) is 38.0 Å². The van der Waals surface area contributed by atoms with Gasteiger partial charge in [0.05, 0.1) is 0 Å². The highest BCUT2D eigenvalue weighted by molar-refractivity contribution is 6.30. The quantitative estimate of drug-likeness (QED) is 0.815. The lowest BCUT2D eigenvalue weighted by atomic mass is 10.0. The van der Waals surface area contributed by atoms with Crippen molar-refractivity contribution in [1.29, 1.82) is 0 Å². The molecular formula is C19H23ClFN3. The molecule has 1 fully saturated rings. The highest BCUT2D eigenvalue weighted by atomic mass is 35.5. The highest BCUT2D eigenvalue weighted by Gasteiger charge is 2.23. The van der Waals surface area contributed by atoms with Crippen molar-refractivity contribution in [3.8, 4) is 0 Å². The summed E-state index contributed by atoms with van der Waals surface area (Å²) in [7, 11) is 2.16. The fourth-order valence-corrected chi connectivity index (χ4v) is 3.58. The number of piperidine rings is 1. The van der Waals surface area contributed by atoms with Gasteiger partial charge in [-0.2, -0.15) is 0 Å². The minimum Gasteiger partial charge on any atom is -0.306 e. The second kappa shape index (κ2) is 8.06. The molecule has 3 nitrogen and oxygen atoms in total. The zero-order chi connectivity index (χ0) is 16.9. The van der Waals surface area contributed by atoms with Gasteiger partial charge in [-0.15, -0.1) is 0 Å². The van der Waals surface area contributed by atoms with Crippen LogP contribution >= 0.6 is 11.6 Å². The Bertz CT molecular complexity index is 637. The van der Waals surface area contributed by atoms with E-state index in [-0.39, 0.29) is 5.82 Å². The second-order valence-electron chi connectivity index (χ2n) is 6.57. The van der Waals surface area contributed by atoms with Crippen molar-refractivity contribution in [1.82, 2.24) is 14.8 Å². The van der Waals surface area contributed by atoms with Gasteiger partial charge >= 0.3 is 0 Å². The molecule has 0 atom stereocenters. The first-order valence-electron chi connectivity index (χ1n) is 8.36. The molecule has 1 saturated heterocycles. The van der Waals surface area contributed by atoms with Crippen molar-refractivity contribution in [2.45, 2.75) is 32.0 Å². The maximum absolute atomic E-state index is 13.7. The molecule has 3 rings (SSSR count). The molecule has 128 valence electrons. The molecule has 0 bridgehead atoms. The molecule has 0 aliphatic carbocycles. The summed E-state index contributed by atoms with van der Waals surface area (Å²) < 4.78 is 13.7. The lowest BCUT2D eigenvalue weighted by Gasteiger charge is -2.37. The largest absolute Gasteiger partial charge is 0.306 e. The molecule has 0 saturated carbocycles. The van der Waals surface area contributed by atoms with Gasteiger partial charge in [0.1, 0.15) is 5.82 Å². The SMILES string of the molecule is CN1CCC(N(Cc2ccncc2)Cc2cc(F)cc(Cl)c2)CC1. The van der Waals surface area contributed by atoms with Gasteiger partial charge in [0.2, 0.25) is 0 Å². The third-order valence-corrected chi connectivity index (χ3v) is 4.87. The summed E-state index contributed by atoms with van der Waals surface area (Å²) in [4.78, 5) is 8.89. The lowest BCUT2D eigenvalue weighted by molar-refractivity contribution is 0.108. The van der Waals surface area contributed by atoms with Crippen LogP contribution < -0.4 is 0 Å². The van der Waals surface area contributed by atoms with Crippen LogP contribution in [0.5, 0.6) is 0 Å². The Labute approximate surface area is 148 Å². The zero-order valence-electron chi connectivity index (χ0n) is 14.0. The normalized spacial score (nSPS) is 16.7. The van der Waals surface area contributed by atoms with Crippen LogP contribution in [0.15, 0.2) is 42.7 Å². The van der Waals surface area contributed by atoms with Crippen molar-refractivity contribution in [2.24, 2.45) is 0 Å². The van der Waals surface area contributed by atoms with Crippen LogP contribution in [0.3, 0.4) is 0 Å². The molecule has 1 aromatic carbocycles. The number of hydrogen-bond acceptors (Lipinski definition) is 3. The van der Waals surface area contributed by atoms with E-state index >= 15 is 0 Å². The number of aromatic nitrogens is 1. The molecule has 0 amide bonds. The summed E-state index contributed by atoms with van der Waals surface area (Å²) in [6.45, 7) is 3.74. The van der Waals surface area contributed by atoms with E-state index in [4.69, 9.17) is 11.6 Å². The van der Waals surface area contributed by atoms with E-state index in [1.807, 2.05) is 30.6 Å². The van der Waals surface area contributed by atoms with Crippen LogP contribution in [0.4, 0.5) is 4.39 Å². The van der Waals surface area contributed by atoms with Crippen molar-refractivity contribution in [2.75, 3.05) is 20.1 Å². The Morgan fingerprint density at radius 3 is 2.46 bits per heavy atom. The summed E-state index contributed by atoms with van der Waals surface area (Å²) in [6.07, 6.45) is 5.90. The van der Waals surface area contributed by atoms with Crippen molar-refractivity contribution < 1.29 is 4.39 Å². The summed E-state index contributed by atoms with van der Waals surface area (Å²) >= 11 is 6.03. The average molecular weight is 348 g/mol. The smallest absolute Gasteiger partial charge is 0.125 e. The van der Waals surface area contributed by atoms with Crippen LogP contribution in [0.1, 0.15) is 24.0 Å². The van der Waals surface area contributed by atoms with Crippen LogP contribution in [-0.4, -0.2) is 41.0 Å². The Kier molecular flexibility index (Phi) is 5.82. The number of nitrogens with zero attached hydrogens (tertiary/aromatic N) is 3. The molecule has 0 N–H and O–H groups in total. The molecule has 5 heteroatoms. The molecule has 0 radical (unpaired) electrons. The topological polar surface area (TPSA) is 19.4 Å². The number of pyridine rings is 1. The molecule has 1 aliphatic heterocycles. The Morgan fingerprint density at radius 2 is 1.79 bits per heavy atom. The molecule has 1 aromatic heterocycles. The Morgan fingerprint density at radius 1 is 1.12 bits per heavy atom. The summed E-state index contributed by atoms with van der Waals surface area (Å²) in [5.41, 5.74) is 2.15. The van der Waals surface area contributed by atoms with Gasteiger partial charge < -0.3 is 4.90 Å². The number of rotatable bonds is 5.